The molecule has 2 aromatic carbocycles. The third-order valence-corrected chi connectivity index (χ3v) is 7.64. The molecule has 2 heterocycles. The molecular formula is C29H35N3O5. The lowest BCUT2D eigenvalue weighted by molar-refractivity contribution is 0.0783. The zero-order valence-corrected chi connectivity index (χ0v) is 21.8. The monoisotopic (exact) mass is 505 g/mol. The number of nitrogens with zero attached hydrogens (tertiary/aromatic N) is 3. The van der Waals surface area contributed by atoms with Crippen molar-refractivity contribution in [2.45, 2.75) is 57.8 Å². The van der Waals surface area contributed by atoms with Gasteiger partial charge < -0.3 is 18.8 Å². The van der Waals surface area contributed by atoms with Gasteiger partial charge in [0.15, 0.2) is 11.5 Å². The van der Waals surface area contributed by atoms with E-state index >= 15 is 0 Å². The van der Waals surface area contributed by atoms with E-state index in [9.17, 15) is 9.59 Å². The van der Waals surface area contributed by atoms with Crippen LogP contribution in [0.1, 0.15) is 48.9 Å². The molecule has 1 aliphatic heterocycles. The molecule has 1 atom stereocenters. The van der Waals surface area contributed by atoms with Crippen LogP contribution in [-0.4, -0.2) is 40.4 Å². The van der Waals surface area contributed by atoms with Gasteiger partial charge in [-0.15, -0.1) is 0 Å². The van der Waals surface area contributed by atoms with Gasteiger partial charge >= 0.3 is 5.69 Å². The summed E-state index contributed by atoms with van der Waals surface area (Å²) in [6.07, 6.45) is 6.15. The van der Waals surface area contributed by atoms with Crippen molar-refractivity contribution < 1.29 is 14.2 Å². The van der Waals surface area contributed by atoms with E-state index in [0.29, 0.717) is 17.5 Å². The van der Waals surface area contributed by atoms with Crippen LogP contribution < -0.4 is 25.5 Å². The number of methoxy groups -OCH3 is 1. The number of aromatic nitrogens is 2. The van der Waals surface area contributed by atoms with E-state index in [1.54, 1.807) is 14.2 Å². The predicted molar refractivity (Wildman–Crippen MR) is 142 cm³/mol. The first kappa shape index (κ1) is 25.1. The van der Waals surface area contributed by atoms with Crippen LogP contribution in [0.3, 0.4) is 0 Å². The molecule has 8 heteroatoms. The standard InChI is InChI=1S/C29H35N3O5/c1-20(22-8-10-25-23(18-22)12-15-36-25)32(24-5-4-6-24)19-21-7-9-26(27(17-21)35-3)37-16-14-31-28(33)11-13-30(2)29(31)34/h7-11,13,17-18,20,24H,4-6,12,14-16,19H2,1-3H3/t20-/m0/s1. The number of benzene rings is 2. The molecular weight excluding hydrogens is 470 g/mol. The second-order valence-corrected chi connectivity index (χ2v) is 9.93. The number of aryl methyl sites for hydroxylation is 1. The average molecular weight is 506 g/mol. The van der Waals surface area contributed by atoms with E-state index in [1.807, 2.05) is 12.1 Å². The summed E-state index contributed by atoms with van der Waals surface area (Å²) in [5.41, 5.74) is 3.08. The van der Waals surface area contributed by atoms with Gasteiger partial charge in [0.05, 0.1) is 20.3 Å². The molecule has 1 saturated carbocycles. The van der Waals surface area contributed by atoms with Crippen molar-refractivity contribution in [1.29, 1.82) is 0 Å². The lowest BCUT2D eigenvalue weighted by Gasteiger charge is -2.42. The Kier molecular flexibility index (Phi) is 7.37. The molecule has 3 aromatic rings. The van der Waals surface area contributed by atoms with Crippen molar-refractivity contribution in [2.24, 2.45) is 7.05 Å². The fraction of sp³-hybridized carbons (Fsp3) is 0.448. The maximum atomic E-state index is 12.2. The molecule has 1 fully saturated rings. The Morgan fingerprint density at radius 3 is 2.70 bits per heavy atom. The van der Waals surface area contributed by atoms with Gasteiger partial charge in [0, 0.05) is 44.4 Å². The van der Waals surface area contributed by atoms with Crippen LogP contribution >= 0.6 is 0 Å². The highest BCUT2D eigenvalue weighted by Gasteiger charge is 2.30. The molecule has 2 aliphatic rings. The van der Waals surface area contributed by atoms with E-state index in [2.05, 4.69) is 36.1 Å². The fourth-order valence-electron chi connectivity index (χ4n) is 5.17. The summed E-state index contributed by atoms with van der Waals surface area (Å²) in [5, 5.41) is 0. The zero-order valence-electron chi connectivity index (χ0n) is 21.8. The predicted octanol–water partition coefficient (Wildman–Crippen LogP) is 3.69. The Morgan fingerprint density at radius 2 is 1.95 bits per heavy atom. The maximum Gasteiger partial charge on any atom is 0.330 e. The summed E-state index contributed by atoms with van der Waals surface area (Å²) in [4.78, 5) is 26.9. The van der Waals surface area contributed by atoms with Crippen molar-refractivity contribution in [3.8, 4) is 17.2 Å². The van der Waals surface area contributed by atoms with Crippen LogP contribution in [0.25, 0.3) is 0 Å². The van der Waals surface area contributed by atoms with Gasteiger partial charge in [-0.05, 0) is 54.7 Å². The zero-order chi connectivity index (χ0) is 25.9. The van der Waals surface area contributed by atoms with Crippen LogP contribution in [-0.2, 0) is 26.6 Å². The molecule has 0 radical (unpaired) electrons. The summed E-state index contributed by atoms with van der Waals surface area (Å²) in [6, 6.07) is 14.8. The van der Waals surface area contributed by atoms with Crippen molar-refractivity contribution in [3.05, 3.63) is 86.2 Å². The molecule has 196 valence electrons. The topological polar surface area (TPSA) is 74.9 Å². The maximum absolute atomic E-state index is 12.2. The van der Waals surface area contributed by atoms with E-state index < -0.39 is 0 Å². The van der Waals surface area contributed by atoms with Gasteiger partial charge in [-0.2, -0.15) is 0 Å². The Bertz CT molecular complexity index is 1370. The van der Waals surface area contributed by atoms with Gasteiger partial charge in [-0.3, -0.25) is 14.3 Å². The second-order valence-electron chi connectivity index (χ2n) is 9.93. The van der Waals surface area contributed by atoms with E-state index in [-0.39, 0.29) is 30.4 Å². The molecule has 0 bridgehead atoms. The van der Waals surface area contributed by atoms with Crippen molar-refractivity contribution in [2.75, 3.05) is 20.3 Å². The molecule has 0 amide bonds. The van der Waals surface area contributed by atoms with Crippen molar-refractivity contribution >= 4 is 0 Å². The van der Waals surface area contributed by atoms with Crippen LogP contribution in [0, 0.1) is 0 Å². The first-order valence-corrected chi connectivity index (χ1v) is 13.0. The number of hydrogen-bond acceptors (Lipinski definition) is 6. The first-order chi connectivity index (χ1) is 17.9. The minimum Gasteiger partial charge on any atom is -0.493 e. The Morgan fingerprint density at radius 1 is 1.11 bits per heavy atom. The largest absolute Gasteiger partial charge is 0.493 e. The SMILES string of the molecule is COc1cc(CN(C2CCC2)[C@@H](C)c2ccc3c(c2)CCO3)ccc1OCCn1c(=O)ccn(C)c1=O. The van der Waals surface area contributed by atoms with Crippen molar-refractivity contribution in [1.82, 2.24) is 14.0 Å². The molecule has 0 unspecified atom stereocenters. The van der Waals surface area contributed by atoms with E-state index in [0.717, 1.165) is 30.9 Å². The number of rotatable bonds is 10. The number of ether oxygens (including phenoxy) is 3. The lowest BCUT2D eigenvalue weighted by atomic mass is 9.88. The van der Waals surface area contributed by atoms with E-state index in [1.165, 1.54) is 51.8 Å². The van der Waals surface area contributed by atoms with Crippen LogP contribution in [0.15, 0.2) is 58.3 Å². The molecule has 0 spiro atoms. The molecule has 37 heavy (non-hydrogen) atoms. The van der Waals surface area contributed by atoms with Gasteiger partial charge in [-0.25, -0.2) is 4.79 Å². The quantitative estimate of drug-likeness (QED) is 0.419. The lowest BCUT2D eigenvalue weighted by Crippen LogP contribution is -2.41. The number of fused-ring (bicyclic) bond motifs is 1. The molecule has 0 saturated heterocycles. The highest BCUT2D eigenvalue weighted by molar-refractivity contribution is 5.43. The summed E-state index contributed by atoms with van der Waals surface area (Å²) >= 11 is 0. The first-order valence-electron chi connectivity index (χ1n) is 13.0. The Balaban J connectivity index is 1.29. The average Bonchev–Trinajstić information content (AvgIpc) is 3.35. The third kappa shape index (κ3) is 5.30. The molecule has 8 nitrogen and oxygen atoms in total. The third-order valence-electron chi connectivity index (χ3n) is 7.64. The highest BCUT2D eigenvalue weighted by Crippen LogP contribution is 2.37. The minimum absolute atomic E-state index is 0.163. The normalized spacial score (nSPS) is 15.7. The molecule has 5 rings (SSSR count). The smallest absolute Gasteiger partial charge is 0.330 e. The molecule has 0 N–H and O–H groups in total. The molecule has 1 aliphatic carbocycles. The van der Waals surface area contributed by atoms with Gasteiger partial charge in [-0.1, -0.05) is 24.6 Å². The van der Waals surface area contributed by atoms with E-state index in [4.69, 9.17) is 14.2 Å². The Hall–Kier alpha value is -3.52. The fourth-order valence-corrected chi connectivity index (χ4v) is 5.17. The minimum atomic E-state index is -0.362. The van der Waals surface area contributed by atoms with Crippen molar-refractivity contribution in [3.63, 3.8) is 0 Å². The summed E-state index contributed by atoms with van der Waals surface area (Å²) in [7, 11) is 3.25. The van der Waals surface area contributed by atoms with Crippen LogP contribution in [0.5, 0.6) is 17.2 Å². The van der Waals surface area contributed by atoms with Crippen LogP contribution in [0.4, 0.5) is 0 Å². The van der Waals surface area contributed by atoms with Crippen LogP contribution in [0.2, 0.25) is 0 Å². The highest BCUT2D eigenvalue weighted by atomic mass is 16.5. The van der Waals surface area contributed by atoms with Gasteiger partial charge in [0.25, 0.3) is 5.56 Å². The summed E-state index contributed by atoms with van der Waals surface area (Å²) in [5.74, 6) is 2.25. The van der Waals surface area contributed by atoms with Gasteiger partial charge in [0.1, 0.15) is 12.4 Å². The molecule has 1 aromatic heterocycles. The summed E-state index contributed by atoms with van der Waals surface area (Å²) < 4.78 is 19.8. The van der Waals surface area contributed by atoms with Gasteiger partial charge in [0.2, 0.25) is 0 Å². The Labute approximate surface area is 217 Å². The number of hydrogen-bond donors (Lipinski definition) is 0. The second kappa shape index (κ2) is 10.8. The summed E-state index contributed by atoms with van der Waals surface area (Å²) in [6.45, 7) is 4.22.